The van der Waals surface area contributed by atoms with Crippen molar-refractivity contribution < 1.29 is 9.59 Å². The van der Waals surface area contributed by atoms with Crippen molar-refractivity contribution in [3.05, 3.63) is 58.9 Å². The third-order valence-corrected chi connectivity index (χ3v) is 6.38. The van der Waals surface area contributed by atoms with Crippen LogP contribution in [0, 0.1) is 0 Å². The third kappa shape index (κ3) is 5.54. The highest BCUT2D eigenvalue weighted by atomic mass is 35.5. The molecule has 0 aliphatic carbocycles. The summed E-state index contributed by atoms with van der Waals surface area (Å²) in [5.74, 6) is 1.05. The SMILES string of the molecule is CCCCC(=O)Nc1ccc2c(c1)nc(CN1CCN(C(=O)c3ccc(Cl)cc3)CC1)n2C. The van der Waals surface area contributed by atoms with Crippen LogP contribution >= 0.6 is 11.6 Å². The average Bonchev–Trinajstić information content (AvgIpc) is 3.12. The molecule has 7 nitrogen and oxygen atoms in total. The Morgan fingerprint density at radius 3 is 2.48 bits per heavy atom. The summed E-state index contributed by atoms with van der Waals surface area (Å²) >= 11 is 5.93. The van der Waals surface area contributed by atoms with E-state index in [-0.39, 0.29) is 11.8 Å². The zero-order valence-electron chi connectivity index (χ0n) is 19.2. The van der Waals surface area contributed by atoms with Gasteiger partial charge < -0.3 is 14.8 Å². The van der Waals surface area contributed by atoms with E-state index in [0.29, 0.717) is 36.6 Å². The van der Waals surface area contributed by atoms with Crippen LogP contribution in [-0.4, -0.2) is 57.3 Å². The minimum atomic E-state index is 0.0402. The first-order valence-electron chi connectivity index (χ1n) is 11.5. The van der Waals surface area contributed by atoms with Crippen LogP contribution in [-0.2, 0) is 18.4 Å². The Labute approximate surface area is 199 Å². The fourth-order valence-corrected chi connectivity index (χ4v) is 4.24. The molecule has 1 fully saturated rings. The van der Waals surface area contributed by atoms with Crippen LogP contribution in [0.15, 0.2) is 42.5 Å². The summed E-state index contributed by atoms with van der Waals surface area (Å²) in [5.41, 5.74) is 3.36. The summed E-state index contributed by atoms with van der Waals surface area (Å²) in [5, 5.41) is 3.60. The molecule has 0 saturated carbocycles. The van der Waals surface area contributed by atoms with E-state index in [1.165, 1.54) is 0 Å². The summed E-state index contributed by atoms with van der Waals surface area (Å²) in [6.07, 6.45) is 2.43. The fourth-order valence-electron chi connectivity index (χ4n) is 4.11. The zero-order chi connectivity index (χ0) is 23.4. The largest absolute Gasteiger partial charge is 0.336 e. The lowest BCUT2D eigenvalue weighted by molar-refractivity contribution is -0.116. The fraction of sp³-hybridized carbons (Fsp3) is 0.400. The number of halogens is 1. The first-order chi connectivity index (χ1) is 15.9. The van der Waals surface area contributed by atoms with E-state index >= 15 is 0 Å². The Bertz CT molecular complexity index is 1130. The van der Waals surface area contributed by atoms with Gasteiger partial charge in [0.05, 0.1) is 17.6 Å². The minimum absolute atomic E-state index is 0.0402. The highest BCUT2D eigenvalue weighted by Gasteiger charge is 2.23. The normalized spacial score (nSPS) is 14.6. The maximum Gasteiger partial charge on any atom is 0.253 e. The number of nitrogens with one attached hydrogen (secondary N) is 1. The van der Waals surface area contributed by atoms with E-state index in [1.807, 2.05) is 30.1 Å². The summed E-state index contributed by atoms with van der Waals surface area (Å²) in [6.45, 7) is 5.74. The molecule has 3 aromatic rings. The third-order valence-electron chi connectivity index (χ3n) is 6.13. The molecule has 1 aliphatic heterocycles. The number of hydrogen-bond donors (Lipinski definition) is 1. The van der Waals surface area contributed by atoms with Gasteiger partial charge in [0.15, 0.2) is 0 Å². The standard InChI is InChI=1S/C25H30ClN5O2/c1-3-4-5-24(32)27-20-10-11-22-21(16-20)28-23(29(22)2)17-30-12-14-31(15-13-30)25(33)18-6-8-19(26)9-7-18/h6-11,16H,3-5,12-15,17H2,1-2H3,(H,27,32). The van der Waals surface area contributed by atoms with E-state index < -0.39 is 0 Å². The number of benzene rings is 2. The molecule has 2 amide bonds. The number of aromatic nitrogens is 2. The summed E-state index contributed by atoms with van der Waals surface area (Å²) in [7, 11) is 2.02. The molecule has 1 N–H and O–H groups in total. The molecule has 0 bridgehead atoms. The zero-order valence-corrected chi connectivity index (χ0v) is 19.9. The number of unbranched alkanes of at least 4 members (excludes halogenated alkanes) is 1. The van der Waals surface area contributed by atoms with Crippen molar-refractivity contribution in [2.75, 3.05) is 31.5 Å². The molecular weight excluding hydrogens is 438 g/mol. The lowest BCUT2D eigenvalue weighted by Crippen LogP contribution is -2.48. The summed E-state index contributed by atoms with van der Waals surface area (Å²) in [4.78, 5) is 33.8. The van der Waals surface area contributed by atoms with Crippen molar-refractivity contribution in [1.29, 1.82) is 0 Å². The van der Waals surface area contributed by atoms with Crippen molar-refractivity contribution in [2.45, 2.75) is 32.7 Å². The van der Waals surface area contributed by atoms with Crippen molar-refractivity contribution in [1.82, 2.24) is 19.4 Å². The van der Waals surface area contributed by atoms with Gasteiger partial charge in [-0.25, -0.2) is 4.98 Å². The highest BCUT2D eigenvalue weighted by Crippen LogP contribution is 2.21. The minimum Gasteiger partial charge on any atom is -0.336 e. The van der Waals surface area contributed by atoms with Crippen molar-refractivity contribution in [2.24, 2.45) is 7.05 Å². The predicted octanol–water partition coefficient (Wildman–Crippen LogP) is 4.31. The van der Waals surface area contributed by atoms with Crippen LogP contribution in [0.1, 0.15) is 42.4 Å². The van der Waals surface area contributed by atoms with E-state index in [1.54, 1.807) is 24.3 Å². The Balaban J connectivity index is 1.37. The van der Waals surface area contributed by atoms with Gasteiger partial charge in [0.2, 0.25) is 5.91 Å². The molecule has 1 aromatic heterocycles. The Kier molecular flexibility index (Phi) is 7.30. The number of piperazine rings is 1. The number of rotatable bonds is 7. The number of carbonyl (C=O) groups is 2. The smallest absolute Gasteiger partial charge is 0.253 e. The number of anilines is 1. The Morgan fingerprint density at radius 1 is 1.06 bits per heavy atom. The molecule has 0 unspecified atom stereocenters. The van der Waals surface area contributed by atoms with E-state index in [9.17, 15) is 9.59 Å². The maximum atomic E-state index is 12.7. The van der Waals surface area contributed by atoms with E-state index in [4.69, 9.17) is 16.6 Å². The Hall–Kier alpha value is -2.90. The number of imidazole rings is 1. The first kappa shape index (κ1) is 23.3. The molecule has 33 heavy (non-hydrogen) atoms. The second kappa shape index (κ2) is 10.4. The van der Waals surface area contributed by atoms with Gasteiger partial charge in [0.1, 0.15) is 5.82 Å². The maximum absolute atomic E-state index is 12.7. The van der Waals surface area contributed by atoms with Gasteiger partial charge >= 0.3 is 0 Å². The van der Waals surface area contributed by atoms with Crippen molar-refractivity contribution in [3.63, 3.8) is 0 Å². The van der Waals surface area contributed by atoms with Crippen molar-refractivity contribution >= 4 is 40.1 Å². The number of carbonyl (C=O) groups excluding carboxylic acids is 2. The van der Waals surface area contributed by atoms with E-state index in [2.05, 4.69) is 21.7 Å². The molecule has 1 saturated heterocycles. The van der Waals surface area contributed by atoms with Gasteiger partial charge in [0.25, 0.3) is 5.91 Å². The van der Waals surface area contributed by atoms with Crippen LogP contribution in [0.25, 0.3) is 11.0 Å². The van der Waals surface area contributed by atoms with Gasteiger partial charge in [-0.3, -0.25) is 14.5 Å². The molecule has 174 valence electrons. The molecule has 0 atom stereocenters. The van der Waals surface area contributed by atoms with Crippen LogP contribution in [0.2, 0.25) is 5.02 Å². The quantitative estimate of drug-likeness (QED) is 0.562. The molecular formula is C25H30ClN5O2. The second-order valence-electron chi connectivity index (χ2n) is 8.52. The molecule has 0 radical (unpaired) electrons. The number of hydrogen-bond acceptors (Lipinski definition) is 4. The molecule has 4 rings (SSSR count). The lowest BCUT2D eigenvalue weighted by atomic mass is 10.2. The molecule has 2 aromatic carbocycles. The topological polar surface area (TPSA) is 70.5 Å². The molecule has 2 heterocycles. The highest BCUT2D eigenvalue weighted by molar-refractivity contribution is 6.30. The predicted molar refractivity (Wildman–Crippen MR) is 132 cm³/mol. The number of aryl methyl sites for hydroxylation is 1. The lowest BCUT2D eigenvalue weighted by Gasteiger charge is -2.34. The first-order valence-corrected chi connectivity index (χ1v) is 11.8. The molecule has 1 aliphatic rings. The van der Waals surface area contributed by atoms with Gasteiger partial charge in [-0.15, -0.1) is 0 Å². The summed E-state index contributed by atoms with van der Waals surface area (Å²) < 4.78 is 2.10. The Morgan fingerprint density at radius 2 is 1.79 bits per heavy atom. The van der Waals surface area contributed by atoms with E-state index in [0.717, 1.165) is 48.5 Å². The van der Waals surface area contributed by atoms with Crippen LogP contribution in [0.4, 0.5) is 5.69 Å². The number of nitrogens with zero attached hydrogens (tertiary/aromatic N) is 4. The van der Waals surface area contributed by atoms with Crippen molar-refractivity contribution in [3.8, 4) is 0 Å². The van der Waals surface area contributed by atoms with Gasteiger partial charge in [0, 0.05) is 55.9 Å². The molecule has 0 spiro atoms. The number of amides is 2. The van der Waals surface area contributed by atoms with Crippen LogP contribution < -0.4 is 5.32 Å². The monoisotopic (exact) mass is 467 g/mol. The van der Waals surface area contributed by atoms with Gasteiger partial charge in [-0.2, -0.15) is 0 Å². The average molecular weight is 468 g/mol. The van der Waals surface area contributed by atoms with Gasteiger partial charge in [-0.1, -0.05) is 24.9 Å². The summed E-state index contributed by atoms with van der Waals surface area (Å²) in [6, 6.07) is 12.9. The molecule has 8 heteroatoms. The van der Waals surface area contributed by atoms with Crippen LogP contribution in [0.3, 0.4) is 0 Å². The van der Waals surface area contributed by atoms with Gasteiger partial charge in [-0.05, 0) is 48.9 Å². The second-order valence-corrected chi connectivity index (χ2v) is 8.95. The number of fused-ring (bicyclic) bond motifs is 1. The van der Waals surface area contributed by atoms with Crippen LogP contribution in [0.5, 0.6) is 0 Å².